The van der Waals surface area contributed by atoms with Crippen molar-refractivity contribution in [2.75, 3.05) is 13.1 Å². The van der Waals surface area contributed by atoms with Crippen molar-refractivity contribution < 1.29 is 9.59 Å². The van der Waals surface area contributed by atoms with Gasteiger partial charge in [0, 0.05) is 24.4 Å². The van der Waals surface area contributed by atoms with Gasteiger partial charge in [-0.3, -0.25) is 9.59 Å². The Morgan fingerprint density at radius 1 is 0.967 bits per heavy atom. The Balaban J connectivity index is 1.41. The number of carbonyl (C=O) groups is 2. The summed E-state index contributed by atoms with van der Waals surface area (Å²) in [6.45, 7) is 0.993. The Morgan fingerprint density at radius 2 is 1.73 bits per heavy atom. The minimum Gasteiger partial charge on any atom is -0.369 e. The Morgan fingerprint density at radius 3 is 2.40 bits per heavy atom. The van der Waals surface area contributed by atoms with Crippen molar-refractivity contribution in [2.24, 2.45) is 11.1 Å². The van der Waals surface area contributed by atoms with Gasteiger partial charge in [-0.15, -0.1) is 11.3 Å². The number of nitrogens with zero attached hydrogens (tertiary/aromatic N) is 1. The molecule has 0 spiro atoms. The number of hydrogen-bond donors (Lipinski definition) is 1. The number of hydrogen-bond acceptors (Lipinski definition) is 3. The molecule has 2 heterocycles. The van der Waals surface area contributed by atoms with Crippen molar-refractivity contribution in [1.29, 1.82) is 0 Å². The molecule has 0 radical (unpaired) electrons. The number of carbonyl (C=O) groups excluding carboxylic acids is 2. The van der Waals surface area contributed by atoms with Gasteiger partial charge in [0.25, 0.3) is 0 Å². The van der Waals surface area contributed by atoms with Gasteiger partial charge in [-0.25, -0.2) is 0 Å². The Hall–Kier alpha value is -2.92. The van der Waals surface area contributed by atoms with E-state index in [4.69, 9.17) is 5.73 Å². The van der Waals surface area contributed by atoms with Crippen molar-refractivity contribution in [3.8, 4) is 10.4 Å². The molecule has 1 saturated heterocycles. The van der Waals surface area contributed by atoms with E-state index in [0.717, 1.165) is 11.1 Å². The van der Waals surface area contributed by atoms with E-state index in [1.54, 1.807) is 11.3 Å². The Labute approximate surface area is 181 Å². The van der Waals surface area contributed by atoms with Gasteiger partial charge in [0.05, 0.1) is 5.41 Å². The molecule has 1 aliphatic rings. The summed E-state index contributed by atoms with van der Waals surface area (Å²) in [5.41, 5.74) is 8.55. The molecule has 5 heteroatoms. The van der Waals surface area contributed by atoms with Crippen LogP contribution in [0.25, 0.3) is 10.4 Å². The van der Waals surface area contributed by atoms with Crippen LogP contribution in [0.5, 0.6) is 0 Å². The van der Waals surface area contributed by atoms with E-state index in [9.17, 15) is 9.59 Å². The number of benzene rings is 2. The molecule has 1 aromatic heterocycles. The summed E-state index contributed by atoms with van der Waals surface area (Å²) in [5.74, 6) is -0.224. The van der Waals surface area contributed by atoms with Crippen LogP contribution in [0.2, 0.25) is 0 Å². The minimum atomic E-state index is -0.688. The minimum absolute atomic E-state index is 0.0926. The van der Waals surface area contributed by atoms with Gasteiger partial charge >= 0.3 is 0 Å². The lowest BCUT2D eigenvalue weighted by atomic mass is 9.80. The van der Waals surface area contributed by atoms with Crippen molar-refractivity contribution >= 4 is 23.2 Å². The second kappa shape index (κ2) is 8.84. The maximum Gasteiger partial charge on any atom is 0.225 e. The molecule has 3 aromatic rings. The molecule has 2 amide bonds. The summed E-state index contributed by atoms with van der Waals surface area (Å²) < 4.78 is 0. The highest BCUT2D eigenvalue weighted by atomic mass is 32.1. The normalized spacial score (nSPS) is 18.5. The van der Waals surface area contributed by atoms with Crippen LogP contribution in [0.15, 0.2) is 72.1 Å². The zero-order chi connectivity index (χ0) is 21.0. The van der Waals surface area contributed by atoms with Crippen LogP contribution >= 0.6 is 11.3 Å². The first-order chi connectivity index (χ1) is 14.6. The monoisotopic (exact) mass is 418 g/mol. The van der Waals surface area contributed by atoms with Crippen molar-refractivity contribution in [3.63, 3.8) is 0 Å². The summed E-state index contributed by atoms with van der Waals surface area (Å²) in [5, 5.41) is 2.06. The molecule has 2 aromatic carbocycles. The summed E-state index contributed by atoms with van der Waals surface area (Å²) in [6, 6.07) is 22.5. The van der Waals surface area contributed by atoms with Gasteiger partial charge in [-0.05, 0) is 47.4 Å². The molecule has 2 N–H and O–H groups in total. The fourth-order valence-corrected chi connectivity index (χ4v) is 4.93. The standard InChI is InChI=1S/C25H26N2O2S/c26-24(29)25(17-20-8-11-21(12-9-20)22-7-4-16-30-22)14-15-27(18-25)23(28)13-10-19-5-2-1-3-6-19/h1-9,11-12,16H,10,13-15,17-18H2,(H2,26,29)/t25-/m0/s1. The molecule has 4 nitrogen and oxygen atoms in total. The lowest BCUT2D eigenvalue weighted by molar-refractivity contribution is -0.132. The molecule has 30 heavy (non-hydrogen) atoms. The van der Waals surface area contributed by atoms with Crippen LogP contribution in [-0.2, 0) is 22.4 Å². The first-order valence-corrected chi connectivity index (χ1v) is 11.2. The molecule has 0 aliphatic carbocycles. The maximum absolute atomic E-state index is 12.7. The van der Waals surface area contributed by atoms with Crippen LogP contribution in [0.1, 0.15) is 24.0 Å². The third-order valence-electron chi connectivity index (χ3n) is 6.00. The summed E-state index contributed by atoms with van der Waals surface area (Å²) >= 11 is 1.71. The second-order valence-corrected chi connectivity index (χ2v) is 8.99. The third-order valence-corrected chi connectivity index (χ3v) is 6.92. The molecule has 154 valence electrons. The predicted molar refractivity (Wildman–Crippen MR) is 121 cm³/mol. The van der Waals surface area contributed by atoms with Crippen molar-refractivity contribution in [1.82, 2.24) is 4.90 Å². The van der Waals surface area contributed by atoms with Gasteiger partial charge in [0.15, 0.2) is 0 Å². The average Bonchev–Trinajstić information content (AvgIpc) is 3.45. The molecule has 0 saturated carbocycles. The lowest BCUT2D eigenvalue weighted by Crippen LogP contribution is -2.42. The largest absolute Gasteiger partial charge is 0.369 e. The zero-order valence-corrected chi connectivity index (χ0v) is 17.7. The van der Waals surface area contributed by atoms with Gasteiger partial charge in [-0.2, -0.15) is 0 Å². The number of likely N-dealkylation sites (tertiary alicyclic amines) is 1. The van der Waals surface area contributed by atoms with E-state index < -0.39 is 5.41 Å². The lowest BCUT2D eigenvalue weighted by Gasteiger charge is -2.26. The van der Waals surface area contributed by atoms with Gasteiger partial charge in [0.2, 0.25) is 11.8 Å². The van der Waals surface area contributed by atoms with Crippen LogP contribution in [0.3, 0.4) is 0 Å². The highest BCUT2D eigenvalue weighted by molar-refractivity contribution is 7.13. The molecular weight excluding hydrogens is 392 g/mol. The number of aryl methyl sites for hydroxylation is 1. The van der Waals surface area contributed by atoms with E-state index in [1.165, 1.54) is 10.4 Å². The quantitative estimate of drug-likeness (QED) is 0.622. The van der Waals surface area contributed by atoms with E-state index in [1.807, 2.05) is 41.3 Å². The van der Waals surface area contributed by atoms with Crippen molar-refractivity contribution in [3.05, 3.63) is 83.2 Å². The molecule has 4 rings (SSSR count). The summed E-state index contributed by atoms with van der Waals surface area (Å²) in [7, 11) is 0. The van der Waals surface area contributed by atoms with E-state index in [0.29, 0.717) is 38.8 Å². The molecule has 1 atom stereocenters. The van der Waals surface area contributed by atoms with Crippen LogP contribution in [0, 0.1) is 5.41 Å². The van der Waals surface area contributed by atoms with E-state index >= 15 is 0 Å². The van der Waals surface area contributed by atoms with Gasteiger partial charge in [-0.1, -0.05) is 60.7 Å². The van der Waals surface area contributed by atoms with Gasteiger partial charge in [0.1, 0.15) is 0 Å². The SMILES string of the molecule is NC(=O)[C@]1(Cc2ccc(-c3cccs3)cc2)CCN(C(=O)CCc2ccccc2)C1. The maximum atomic E-state index is 12.7. The smallest absolute Gasteiger partial charge is 0.225 e. The number of thiophene rings is 1. The Kier molecular flexibility index (Phi) is 6.00. The molecule has 0 bridgehead atoms. The van der Waals surface area contributed by atoms with Gasteiger partial charge < -0.3 is 10.6 Å². The second-order valence-electron chi connectivity index (χ2n) is 8.05. The first kappa shape index (κ1) is 20.4. The number of nitrogens with two attached hydrogens (primary N) is 1. The highest BCUT2D eigenvalue weighted by Crippen LogP contribution is 2.35. The summed E-state index contributed by atoms with van der Waals surface area (Å²) in [6.07, 6.45) is 2.35. The summed E-state index contributed by atoms with van der Waals surface area (Å²) in [4.78, 5) is 28.2. The molecule has 1 aliphatic heterocycles. The zero-order valence-electron chi connectivity index (χ0n) is 16.9. The van der Waals surface area contributed by atoms with E-state index in [2.05, 4.69) is 35.7 Å². The predicted octanol–water partition coefficient (Wildman–Crippen LogP) is 4.29. The molecular formula is C25H26N2O2S. The first-order valence-electron chi connectivity index (χ1n) is 10.3. The van der Waals surface area contributed by atoms with E-state index in [-0.39, 0.29) is 11.8 Å². The topological polar surface area (TPSA) is 63.4 Å². The highest BCUT2D eigenvalue weighted by Gasteiger charge is 2.44. The van der Waals surface area contributed by atoms with Crippen LogP contribution in [-0.4, -0.2) is 29.8 Å². The number of amides is 2. The number of rotatable bonds is 7. The van der Waals surface area contributed by atoms with Crippen molar-refractivity contribution in [2.45, 2.75) is 25.7 Å². The third kappa shape index (κ3) is 4.46. The fraction of sp³-hybridized carbons (Fsp3) is 0.280. The fourth-order valence-electron chi connectivity index (χ4n) is 4.19. The Bertz CT molecular complexity index is 999. The average molecular weight is 419 g/mol. The molecule has 0 unspecified atom stereocenters. The van der Waals surface area contributed by atoms with Crippen LogP contribution < -0.4 is 5.73 Å². The van der Waals surface area contributed by atoms with Crippen LogP contribution in [0.4, 0.5) is 0 Å². The number of primary amides is 1. The molecule has 1 fully saturated rings.